The molecule has 0 bridgehead atoms. The van der Waals surface area contributed by atoms with Crippen LogP contribution in [0.3, 0.4) is 0 Å². The van der Waals surface area contributed by atoms with E-state index in [0.29, 0.717) is 0 Å². The first-order valence-electron chi connectivity index (χ1n) is 6.13. The van der Waals surface area contributed by atoms with Crippen molar-refractivity contribution in [1.29, 1.82) is 0 Å². The Morgan fingerprint density at radius 3 is 2.94 bits per heavy atom. The largest absolute Gasteiger partial charge is 0.349 e. The molecular weight excluding hydrogens is 238 g/mol. The molecule has 0 saturated carbocycles. The minimum Gasteiger partial charge on any atom is -0.349 e. The molecule has 1 fully saturated rings. The van der Waals surface area contributed by atoms with E-state index in [-0.39, 0.29) is 11.6 Å². The highest BCUT2D eigenvalue weighted by Crippen LogP contribution is 2.11. The summed E-state index contributed by atoms with van der Waals surface area (Å²) in [6.07, 6.45) is 2.63. The van der Waals surface area contributed by atoms with Gasteiger partial charge in [-0.05, 0) is 50.6 Å². The molecule has 1 unspecified atom stereocenters. The highest BCUT2D eigenvalue weighted by atomic mass is 19.1. The lowest BCUT2D eigenvalue weighted by molar-refractivity contribution is 0.0929. The fourth-order valence-corrected chi connectivity index (χ4v) is 2.10. The average Bonchev–Trinajstić information content (AvgIpc) is 2.61. The van der Waals surface area contributed by atoms with Crippen molar-refractivity contribution in [1.82, 2.24) is 10.6 Å². The maximum absolute atomic E-state index is 13.4. The van der Waals surface area contributed by atoms with Gasteiger partial charge in [0, 0.05) is 6.04 Å². The molecule has 1 heterocycles. The van der Waals surface area contributed by atoms with Gasteiger partial charge in [-0.15, -0.1) is 0 Å². The Kier molecular flexibility index (Phi) is 4.25. The molecule has 5 heteroatoms. The molecule has 0 aromatic heterocycles. The van der Waals surface area contributed by atoms with Crippen LogP contribution in [-0.2, 0) is 0 Å². The maximum Gasteiger partial charge on any atom is 0.254 e. The molecule has 0 spiro atoms. The SMILES string of the molecule is O=C(NC1CCCNCC1)c1cc(F)ccc1F. The number of halogens is 2. The summed E-state index contributed by atoms with van der Waals surface area (Å²) in [4.78, 5) is 11.9. The van der Waals surface area contributed by atoms with E-state index in [4.69, 9.17) is 0 Å². The topological polar surface area (TPSA) is 41.1 Å². The van der Waals surface area contributed by atoms with Crippen molar-refractivity contribution >= 4 is 5.91 Å². The van der Waals surface area contributed by atoms with Crippen molar-refractivity contribution in [2.75, 3.05) is 13.1 Å². The molecule has 0 radical (unpaired) electrons. The van der Waals surface area contributed by atoms with Crippen molar-refractivity contribution in [3.05, 3.63) is 35.4 Å². The number of benzene rings is 1. The third kappa shape index (κ3) is 3.26. The smallest absolute Gasteiger partial charge is 0.254 e. The second-order valence-electron chi connectivity index (χ2n) is 4.48. The Labute approximate surface area is 105 Å². The predicted octanol–water partition coefficient (Wildman–Crippen LogP) is 1.84. The van der Waals surface area contributed by atoms with Crippen LogP contribution in [0.4, 0.5) is 8.78 Å². The third-order valence-corrected chi connectivity index (χ3v) is 3.08. The first-order chi connectivity index (χ1) is 8.66. The fourth-order valence-electron chi connectivity index (χ4n) is 2.10. The summed E-state index contributed by atoms with van der Waals surface area (Å²) in [6.45, 7) is 1.76. The Morgan fingerprint density at radius 2 is 2.11 bits per heavy atom. The van der Waals surface area contributed by atoms with E-state index >= 15 is 0 Å². The Hall–Kier alpha value is -1.49. The van der Waals surface area contributed by atoms with E-state index in [1.807, 2.05) is 0 Å². The number of nitrogens with one attached hydrogen (secondary N) is 2. The van der Waals surface area contributed by atoms with Crippen LogP contribution in [0.2, 0.25) is 0 Å². The summed E-state index contributed by atoms with van der Waals surface area (Å²) >= 11 is 0. The van der Waals surface area contributed by atoms with Crippen LogP contribution in [0.1, 0.15) is 29.6 Å². The van der Waals surface area contributed by atoms with Gasteiger partial charge in [-0.25, -0.2) is 8.78 Å². The molecule has 1 saturated heterocycles. The molecule has 98 valence electrons. The second-order valence-corrected chi connectivity index (χ2v) is 4.48. The summed E-state index contributed by atoms with van der Waals surface area (Å²) in [6, 6.07) is 2.93. The van der Waals surface area contributed by atoms with Gasteiger partial charge in [0.05, 0.1) is 5.56 Å². The van der Waals surface area contributed by atoms with E-state index in [9.17, 15) is 13.6 Å². The van der Waals surface area contributed by atoms with Crippen LogP contribution in [0.5, 0.6) is 0 Å². The van der Waals surface area contributed by atoms with E-state index < -0.39 is 17.5 Å². The normalized spacial score (nSPS) is 20.2. The average molecular weight is 254 g/mol. The molecule has 2 rings (SSSR count). The monoisotopic (exact) mass is 254 g/mol. The third-order valence-electron chi connectivity index (χ3n) is 3.08. The van der Waals surface area contributed by atoms with Gasteiger partial charge in [0.25, 0.3) is 5.91 Å². The summed E-state index contributed by atoms with van der Waals surface area (Å²) in [5.41, 5.74) is -0.229. The molecule has 1 aliphatic heterocycles. The van der Waals surface area contributed by atoms with E-state index in [0.717, 1.165) is 50.6 Å². The van der Waals surface area contributed by atoms with Crippen molar-refractivity contribution in [3.63, 3.8) is 0 Å². The molecule has 0 aliphatic carbocycles. The zero-order valence-electron chi connectivity index (χ0n) is 10.0. The zero-order valence-corrected chi connectivity index (χ0v) is 10.0. The maximum atomic E-state index is 13.4. The zero-order chi connectivity index (χ0) is 13.0. The van der Waals surface area contributed by atoms with Gasteiger partial charge in [0.2, 0.25) is 0 Å². The van der Waals surface area contributed by atoms with Crippen LogP contribution in [0.15, 0.2) is 18.2 Å². The lowest BCUT2D eigenvalue weighted by Gasteiger charge is -2.16. The molecule has 3 nitrogen and oxygen atoms in total. The van der Waals surface area contributed by atoms with E-state index in [1.54, 1.807) is 0 Å². The molecule has 1 aromatic rings. The van der Waals surface area contributed by atoms with Gasteiger partial charge in [0.15, 0.2) is 0 Å². The fraction of sp³-hybridized carbons (Fsp3) is 0.462. The first-order valence-corrected chi connectivity index (χ1v) is 6.13. The lowest BCUT2D eigenvalue weighted by atomic mass is 10.1. The Bertz CT molecular complexity index is 429. The van der Waals surface area contributed by atoms with E-state index in [1.165, 1.54) is 0 Å². The molecule has 1 atom stereocenters. The number of rotatable bonds is 2. The molecular formula is C13H16F2N2O. The van der Waals surface area contributed by atoms with Gasteiger partial charge in [0.1, 0.15) is 11.6 Å². The molecule has 18 heavy (non-hydrogen) atoms. The molecule has 1 aliphatic rings. The number of amides is 1. The van der Waals surface area contributed by atoms with Crippen LogP contribution in [-0.4, -0.2) is 25.0 Å². The number of carbonyl (C=O) groups is 1. The van der Waals surface area contributed by atoms with Gasteiger partial charge < -0.3 is 10.6 Å². The summed E-state index contributed by atoms with van der Waals surface area (Å²) in [7, 11) is 0. The van der Waals surface area contributed by atoms with Gasteiger partial charge >= 0.3 is 0 Å². The van der Waals surface area contributed by atoms with Gasteiger partial charge in [-0.1, -0.05) is 0 Å². The minimum atomic E-state index is -0.694. The summed E-state index contributed by atoms with van der Waals surface area (Å²) in [5.74, 6) is -1.84. The van der Waals surface area contributed by atoms with Crippen molar-refractivity contribution in [2.45, 2.75) is 25.3 Å². The Balaban J connectivity index is 2.04. The summed E-state index contributed by atoms with van der Waals surface area (Å²) in [5, 5.41) is 5.98. The van der Waals surface area contributed by atoms with Crippen LogP contribution < -0.4 is 10.6 Å². The minimum absolute atomic E-state index is 0.0233. The van der Waals surface area contributed by atoms with Crippen LogP contribution >= 0.6 is 0 Å². The molecule has 2 N–H and O–H groups in total. The first kappa shape index (κ1) is 13.0. The molecule has 1 amide bonds. The number of carbonyl (C=O) groups excluding carboxylic acids is 1. The number of hydrogen-bond acceptors (Lipinski definition) is 2. The van der Waals surface area contributed by atoms with Gasteiger partial charge in [-0.2, -0.15) is 0 Å². The van der Waals surface area contributed by atoms with Crippen molar-refractivity contribution in [3.8, 4) is 0 Å². The van der Waals surface area contributed by atoms with Crippen molar-refractivity contribution < 1.29 is 13.6 Å². The van der Waals surface area contributed by atoms with Crippen molar-refractivity contribution in [2.24, 2.45) is 0 Å². The number of hydrogen-bond donors (Lipinski definition) is 2. The van der Waals surface area contributed by atoms with Gasteiger partial charge in [-0.3, -0.25) is 4.79 Å². The highest BCUT2D eigenvalue weighted by Gasteiger charge is 2.18. The predicted molar refractivity (Wildman–Crippen MR) is 64.3 cm³/mol. The van der Waals surface area contributed by atoms with Crippen LogP contribution in [0.25, 0.3) is 0 Å². The standard InChI is InChI=1S/C13H16F2N2O/c14-9-3-4-12(15)11(8-9)13(18)17-10-2-1-6-16-7-5-10/h3-4,8,10,16H,1-2,5-7H2,(H,17,18). The Morgan fingerprint density at radius 1 is 1.28 bits per heavy atom. The lowest BCUT2D eigenvalue weighted by Crippen LogP contribution is -2.35. The van der Waals surface area contributed by atoms with Crippen LogP contribution in [0, 0.1) is 11.6 Å². The van der Waals surface area contributed by atoms with E-state index in [2.05, 4.69) is 10.6 Å². The summed E-state index contributed by atoms with van der Waals surface area (Å²) < 4.78 is 26.4. The second kappa shape index (κ2) is 5.91. The quantitative estimate of drug-likeness (QED) is 0.845. The highest BCUT2D eigenvalue weighted by molar-refractivity contribution is 5.94. The molecule has 1 aromatic carbocycles.